The SMILES string of the molecule is CC1(C)Cc2c(sc3c2c2nc(-c4cccnc4)nn2c(=O)n3CC(=O)N2CCCCC2)CO1. The molecule has 4 aromatic heterocycles. The molecule has 2 aliphatic rings. The number of carbonyl (C=O) groups is 1. The molecular formula is C24H26N6O3S. The molecule has 9 nitrogen and oxygen atoms in total. The number of hydrogen-bond acceptors (Lipinski definition) is 7. The van der Waals surface area contributed by atoms with Gasteiger partial charge in [-0.1, -0.05) is 0 Å². The van der Waals surface area contributed by atoms with Crippen LogP contribution in [-0.4, -0.2) is 53.6 Å². The van der Waals surface area contributed by atoms with Crippen molar-refractivity contribution in [3.63, 3.8) is 0 Å². The molecule has 1 amide bonds. The molecule has 0 unspecified atom stereocenters. The van der Waals surface area contributed by atoms with Gasteiger partial charge in [0.15, 0.2) is 11.5 Å². The topological polar surface area (TPSA) is 94.6 Å². The first-order valence-corrected chi connectivity index (χ1v) is 12.5. The van der Waals surface area contributed by atoms with Crippen molar-refractivity contribution >= 4 is 33.1 Å². The standard InChI is InChI=1S/C24H26N6O3S/c1-24(2)11-16-17(14-33-24)34-22-19(16)21-26-20(15-7-6-8-25-12-15)27-30(21)23(32)29(22)13-18(31)28-9-4-3-5-10-28/h6-8,12H,3-5,9-11,13-14H2,1-2H3. The molecule has 0 atom stereocenters. The fourth-order valence-corrected chi connectivity index (χ4v) is 6.12. The molecule has 0 saturated carbocycles. The van der Waals surface area contributed by atoms with Crippen LogP contribution in [0.25, 0.3) is 27.3 Å². The Labute approximate surface area is 200 Å². The number of nitrogens with zero attached hydrogens (tertiary/aromatic N) is 6. The Kier molecular flexibility index (Phi) is 5.03. The normalized spacial score (nSPS) is 17.9. The second-order valence-corrected chi connectivity index (χ2v) is 10.7. The van der Waals surface area contributed by atoms with Gasteiger partial charge in [0.1, 0.15) is 11.4 Å². The van der Waals surface area contributed by atoms with Crippen molar-refractivity contribution < 1.29 is 9.53 Å². The summed E-state index contributed by atoms with van der Waals surface area (Å²) in [4.78, 5) is 39.5. The largest absolute Gasteiger partial charge is 0.370 e. The maximum Gasteiger partial charge on any atom is 0.352 e. The van der Waals surface area contributed by atoms with Gasteiger partial charge in [-0.05, 0) is 50.8 Å². The van der Waals surface area contributed by atoms with E-state index in [1.807, 2.05) is 17.0 Å². The summed E-state index contributed by atoms with van der Waals surface area (Å²) in [5.74, 6) is 0.413. The van der Waals surface area contributed by atoms with Crippen LogP contribution in [0.15, 0.2) is 29.3 Å². The van der Waals surface area contributed by atoms with E-state index in [0.717, 1.165) is 58.6 Å². The minimum absolute atomic E-state index is 0.00297. The maximum atomic E-state index is 13.7. The van der Waals surface area contributed by atoms with Crippen LogP contribution in [0.2, 0.25) is 0 Å². The monoisotopic (exact) mass is 478 g/mol. The summed E-state index contributed by atoms with van der Waals surface area (Å²) < 4.78 is 8.98. The fourth-order valence-electron chi connectivity index (χ4n) is 4.90. The van der Waals surface area contributed by atoms with Crippen molar-refractivity contribution in [2.45, 2.75) is 58.3 Å². The Bertz CT molecular complexity index is 1460. The number of hydrogen-bond donors (Lipinski definition) is 0. The van der Waals surface area contributed by atoms with Gasteiger partial charge >= 0.3 is 5.69 Å². The molecule has 4 aromatic rings. The van der Waals surface area contributed by atoms with Gasteiger partial charge in [-0.25, -0.2) is 9.78 Å². The third-order valence-electron chi connectivity index (χ3n) is 6.68. The lowest BCUT2D eigenvalue weighted by molar-refractivity contribution is -0.132. The minimum atomic E-state index is -0.353. The predicted octanol–water partition coefficient (Wildman–Crippen LogP) is 3.03. The number of fused-ring (bicyclic) bond motifs is 5. The van der Waals surface area contributed by atoms with Crippen molar-refractivity contribution in [1.29, 1.82) is 0 Å². The molecule has 0 spiro atoms. The number of pyridine rings is 1. The van der Waals surface area contributed by atoms with Gasteiger partial charge in [-0.3, -0.25) is 14.3 Å². The lowest BCUT2D eigenvalue weighted by Crippen LogP contribution is -2.40. The van der Waals surface area contributed by atoms with Crippen LogP contribution in [0, 0.1) is 0 Å². The van der Waals surface area contributed by atoms with E-state index in [4.69, 9.17) is 9.72 Å². The average molecular weight is 479 g/mol. The number of piperidine rings is 1. The van der Waals surface area contributed by atoms with E-state index in [1.54, 1.807) is 17.0 Å². The number of thiophene rings is 1. The zero-order chi connectivity index (χ0) is 23.4. The Morgan fingerprint density at radius 3 is 2.82 bits per heavy atom. The van der Waals surface area contributed by atoms with E-state index in [9.17, 15) is 9.59 Å². The number of rotatable bonds is 3. The van der Waals surface area contributed by atoms with Gasteiger partial charge in [0.05, 0.1) is 17.6 Å². The first kappa shape index (κ1) is 21.4. The van der Waals surface area contributed by atoms with Crippen molar-refractivity contribution in [2.75, 3.05) is 13.1 Å². The fraction of sp³-hybridized carbons (Fsp3) is 0.458. The number of likely N-dealkylation sites (tertiary alicyclic amines) is 1. The summed E-state index contributed by atoms with van der Waals surface area (Å²) >= 11 is 1.52. The first-order chi connectivity index (χ1) is 16.4. The second kappa shape index (κ2) is 7.99. The number of ether oxygens (including phenoxy) is 1. The summed E-state index contributed by atoms with van der Waals surface area (Å²) in [6.45, 7) is 6.10. The van der Waals surface area contributed by atoms with E-state index in [0.29, 0.717) is 24.5 Å². The highest BCUT2D eigenvalue weighted by Gasteiger charge is 2.32. The van der Waals surface area contributed by atoms with Gasteiger partial charge in [-0.15, -0.1) is 16.4 Å². The highest BCUT2D eigenvalue weighted by atomic mass is 32.1. The Morgan fingerprint density at radius 1 is 1.24 bits per heavy atom. The van der Waals surface area contributed by atoms with E-state index in [1.165, 1.54) is 15.9 Å². The summed E-state index contributed by atoms with van der Waals surface area (Å²) in [6, 6.07) is 3.69. The van der Waals surface area contributed by atoms with Crippen LogP contribution >= 0.6 is 11.3 Å². The maximum absolute atomic E-state index is 13.7. The molecule has 0 radical (unpaired) electrons. The van der Waals surface area contributed by atoms with Crippen molar-refractivity contribution in [3.05, 3.63) is 45.5 Å². The van der Waals surface area contributed by atoms with E-state index < -0.39 is 0 Å². The third kappa shape index (κ3) is 3.52. The molecule has 2 aliphatic heterocycles. The van der Waals surface area contributed by atoms with Crippen molar-refractivity contribution in [3.8, 4) is 11.4 Å². The lowest BCUT2D eigenvalue weighted by Gasteiger charge is -2.30. The molecule has 0 aromatic carbocycles. The van der Waals surface area contributed by atoms with Gasteiger partial charge in [0.2, 0.25) is 5.91 Å². The lowest BCUT2D eigenvalue weighted by atomic mass is 9.94. The summed E-state index contributed by atoms with van der Waals surface area (Å²) in [5, 5.41) is 5.45. The molecular weight excluding hydrogens is 452 g/mol. The van der Waals surface area contributed by atoms with Gasteiger partial charge in [0.25, 0.3) is 0 Å². The molecule has 176 valence electrons. The third-order valence-corrected chi connectivity index (χ3v) is 7.91. The highest BCUT2D eigenvalue weighted by Crippen LogP contribution is 2.40. The zero-order valence-electron chi connectivity index (χ0n) is 19.3. The molecule has 10 heteroatoms. The Balaban J connectivity index is 1.57. The summed E-state index contributed by atoms with van der Waals surface area (Å²) in [7, 11) is 0. The van der Waals surface area contributed by atoms with E-state index in [-0.39, 0.29) is 23.7 Å². The van der Waals surface area contributed by atoms with E-state index >= 15 is 0 Å². The quantitative estimate of drug-likeness (QED) is 0.449. The Morgan fingerprint density at radius 2 is 2.06 bits per heavy atom. The second-order valence-electron chi connectivity index (χ2n) is 9.63. The molecule has 1 saturated heterocycles. The summed E-state index contributed by atoms with van der Waals surface area (Å²) in [5.41, 5.74) is 1.72. The Hall–Kier alpha value is -3.11. The van der Waals surface area contributed by atoms with Crippen LogP contribution < -0.4 is 5.69 Å². The highest BCUT2D eigenvalue weighted by molar-refractivity contribution is 7.19. The zero-order valence-corrected chi connectivity index (χ0v) is 20.1. The van der Waals surface area contributed by atoms with E-state index in [2.05, 4.69) is 23.9 Å². The molecule has 6 heterocycles. The minimum Gasteiger partial charge on any atom is -0.370 e. The van der Waals surface area contributed by atoms with Crippen LogP contribution in [0.5, 0.6) is 0 Å². The van der Waals surface area contributed by atoms with Crippen LogP contribution in [0.3, 0.4) is 0 Å². The number of amides is 1. The predicted molar refractivity (Wildman–Crippen MR) is 129 cm³/mol. The van der Waals surface area contributed by atoms with Crippen molar-refractivity contribution in [1.82, 2.24) is 29.0 Å². The molecule has 34 heavy (non-hydrogen) atoms. The van der Waals surface area contributed by atoms with Gasteiger partial charge in [0, 0.05) is 42.3 Å². The molecule has 6 rings (SSSR count). The number of aromatic nitrogens is 5. The summed E-state index contributed by atoms with van der Waals surface area (Å²) in [6.07, 6.45) is 7.23. The smallest absolute Gasteiger partial charge is 0.352 e. The van der Waals surface area contributed by atoms with Gasteiger partial charge < -0.3 is 9.64 Å². The van der Waals surface area contributed by atoms with Crippen LogP contribution in [-0.2, 0) is 29.1 Å². The molecule has 0 bridgehead atoms. The van der Waals surface area contributed by atoms with Gasteiger partial charge in [-0.2, -0.15) is 4.52 Å². The first-order valence-electron chi connectivity index (χ1n) is 11.7. The molecule has 0 aliphatic carbocycles. The van der Waals surface area contributed by atoms with Crippen LogP contribution in [0.1, 0.15) is 43.6 Å². The molecule has 1 fully saturated rings. The van der Waals surface area contributed by atoms with Crippen molar-refractivity contribution in [2.24, 2.45) is 0 Å². The molecule has 0 N–H and O–H groups in total. The number of carbonyl (C=O) groups excluding carboxylic acids is 1. The van der Waals surface area contributed by atoms with Crippen LogP contribution in [0.4, 0.5) is 0 Å². The average Bonchev–Trinajstić information content (AvgIpc) is 3.44.